The molecule has 0 amide bonds. The van der Waals surface area contributed by atoms with Crippen molar-refractivity contribution in [2.45, 2.75) is 0 Å². The van der Waals surface area contributed by atoms with Gasteiger partial charge in [-0.25, -0.2) is 4.99 Å². The first-order valence-electron chi connectivity index (χ1n) is 12.2. The van der Waals surface area contributed by atoms with Gasteiger partial charge in [0.1, 0.15) is 11.5 Å². The molecule has 6 rings (SSSR count). The minimum Gasteiger partial charge on any atom is -0.496 e. The Hall–Kier alpha value is -4.83. The van der Waals surface area contributed by atoms with Crippen molar-refractivity contribution in [2.75, 3.05) is 14.2 Å². The molecule has 0 bridgehead atoms. The number of hydrogen-bond donors (Lipinski definition) is 1. The Bertz CT molecular complexity index is 1700. The van der Waals surface area contributed by atoms with Crippen LogP contribution in [0, 0.1) is 0 Å². The van der Waals surface area contributed by atoms with Crippen LogP contribution in [0.15, 0.2) is 126 Å². The van der Waals surface area contributed by atoms with Gasteiger partial charge in [-0.1, -0.05) is 66.7 Å². The summed E-state index contributed by atoms with van der Waals surface area (Å²) in [5.74, 6) is 1.63. The van der Waals surface area contributed by atoms with Crippen LogP contribution in [0.5, 0.6) is 11.5 Å². The largest absolute Gasteiger partial charge is 0.496 e. The van der Waals surface area contributed by atoms with Crippen LogP contribution < -0.4 is 9.47 Å². The van der Waals surface area contributed by atoms with Crippen molar-refractivity contribution in [3.05, 3.63) is 138 Å². The van der Waals surface area contributed by atoms with Gasteiger partial charge in [-0.3, -0.25) is 0 Å². The van der Waals surface area contributed by atoms with Gasteiger partial charge in [-0.2, -0.15) is 0 Å². The Morgan fingerprint density at radius 2 is 1.32 bits per heavy atom. The summed E-state index contributed by atoms with van der Waals surface area (Å²) in [6.45, 7) is 0. The molecule has 0 radical (unpaired) electrons. The molecule has 37 heavy (non-hydrogen) atoms. The third kappa shape index (κ3) is 4.13. The maximum atomic E-state index is 5.62. The number of nitrogens with one attached hydrogen (secondary N) is 1. The lowest BCUT2D eigenvalue weighted by Crippen LogP contribution is -1.98. The monoisotopic (exact) mass is 482 g/mol. The van der Waals surface area contributed by atoms with Gasteiger partial charge in [-0.15, -0.1) is 0 Å². The summed E-state index contributed by atoms with van der Waals surface area (Å²) in [7, 11) is 3.39. The van der Waals surface area contributed by atoms with E-state index < -0.39 is 0 Å². The maximum Gasteiger partial charge on any atom is 0.128 e. The summed E-state index contributed by atoms with van der Waals surface area (Å²) < 4.78 is 11.2. The van der Waals surface area contributed by atoms with Crippen LogP contribution in [0.1, 0.15) is 16.8 Å². The van der Waals surface area contributed by atoms with Gasteiger partial charge in [0, 0.05) is 28.1 Å². The van der Waals surface area contributed by atoms with E-state index in [1.807, 2.05) is 42.5 Å². The number of para-hydroxylation sites is 2. The zero-order valence-electron chi connectivity index (χ0n) is 20.7. The van der Waals surface area contributed by atoms with Crippen molar-refractivity contribution in [1.82, 2.24) is 4.98 Å². The van der Waals surface area contributed by atoms with E-state index in [0.717, 1.165) is 56.6 Å². The molecular formula is C33H26N2O2. The summed E-state index contributed by atoms with van der Waals surface area (Å²) in [6, 6.07) is 35.1. The molecule has 1 aromatic heterocycles. The highest BCUT2D eigenvalue weighted by Gasteiger charge is 2.20. The van der Waals surface area contributed by atoms with Crippen molar-refractivity contribution in [2.24, 2.45) is 4.99 Å². The lowest BCUT2D eigenvalue weighted by molar-refractivity contribution is 0.414. The van der Waals surface area contributed by atoms with Crippen LogP contribution in [0.4, 0.5) is 0 Å². The van der Waals surface area contributed by atoms with Crippen molar-refractivity contribution >= 4 is 22.1 Å². The SMILES string of the molecule is COc1ccccc1C1=N/C(=C(\c2ccc(-c3ccccc3OC)[nH]2)c2cccc3ccccc23)C=C1. The summed E-state index contributed by atoms with van der Waals surface area (Å²) in [6.07, 6.45) is 4.14. The molecule has 1 aliphatic rings. The number of ether oxygens (including phenoxy) is 2. The van der Waals surface area contributed by atoms with Crippen molar-refractivity contribution in [3.8, 4) is 22.8 Å². The summed E-state index contributed by atoms with van der Waals surface area (Å²) in [5.41, 5.74) is 7.89. The van der Waals surface area contributed by atoms with E-state index in [-0.39, 0.29) is 0 Å². The van der Waals surface area contributed by atoms with E-state index in [9.17, 15) is 0 Å². The molecule has 4 nitrogen and oxygen atoms in total. The molecule has 0 unspecified atom stereocenters. The van der Waals surface area contributed by atoms with Gasteiger partial charge >= 0.3 is 0 Å². The van der Waals surface area contributed by atoms with Crippen molar-refractivity contribution in [1.29, 1.82) is 0 Å². The van der Waals surface area contributed by atoms with Gasteiger partial charge in [0.2, 0.25) is 0 Å². The minimum atomic E-state index is 0.803. The Morgan fingerprint density at radius 1 is 0.649 bits per heavy atom. The van der Waals surface area contributed by atoms with Crippen LogP contribution in [0.3, 0.4) is 0 Å². The van der Waals surface area contributed by atoms with E-state index in [0.29, 0.717) is 0 Å². The highest BCUT2D eigenvalue weighted by Crippen LogP contribution is 2.37. The number of methoxy groups -OCH3 is 2. The highest BCUT2D eigenvalue weighted by molar-refractivity contribution is 6.14. The standard InChI is InChI=1S/C33H26N2O2/c1-36-31-16-7-5-13-25(31)27-18-20-29(34-27)33(24-15-9-11-22-10-3-4-12-23(22)24)30-21-19-28(35-30)26-14-6-8-17-32(26)37-2/h3-21,34H,1-2H3/b33-30-. The zero-order chi connectivity index (χ0) is 25.2. The molecule has 0 spiro atoms. The van der Waals surface area contributed by atoms with Gasteiger partial charge in [0.15, 0.2) is 0 Å². The molecule has 2 heterocycles. The fraction of sp³-hybridized carbons (Fsp3) is 0.0606. The number of rotatable bonds is 6. The number of allylic oxidation sites excluding steroid dienone is 2. The molecule has 4 aromatic carbocycles. The molecule has 1 N–H and O–H groups in total. The van der Waals surface area contributed by atoms with Crippen LogP contribution in [-0.2, 0) is 0 Å². The number of aromatic amines is 1. The van der Waals surface area contributed by atoms with E-state index >= 15 is 0 Å². The molecule has 0 saturated heterocycles. The van der Waals surface area contributed by atoms with E-state index in [1.165, 1.54) is 10.8 Å². The number of nitrogens with zero attached hydrogens (tertiary/aromatic N) is 1. The van der Waals surface area contributed by atoms with Crippen molar-refractivity contribution < 1.29 is 9.47 Å². The lowest BCUT2D eigenvalue weighted by Gasteiger charge is -2.13. The number of fused-ring (bicyclic) bond motifs is 1. The van der Waals surface area contributed by atoms with Crippen molar-refractivity contribution in [3.63, 3.8) is 0 Å². The van der Waals surface area contributed by atoms with Gasteiger partial charge in [-0.05, 0) is 64.9 Å². The third-order valence-corrected chi connectivity index (χ3v) is 6.69. The number of H-pyrrole nitrogens is 1. The first kappa shape index (κ1) is 22.6. The molecule has 0 saturated carbocycles. The van der Waals surface area contributed by atoms with Gasteiger partial charge in [0.05, 0.1) is 25.6 Å². The molecule has 0 aliphatic carbocycles. The molecule has 180 valence electrons. The molecule has 5 aromatic rings. The highest BCUT2D eigenvalue weighted by atomic mass is 16.5. The number of aliphatic imine (C=N–C) groups is 1. The normalized spacial score (nSPS) is 14.1. The van der Waals surface area contributed by atoms with Gasteiger partial charge < -0.3 is 14.5 Å². The van der Waals surface area contributed by atoms with E-state index in [2.05, 4.69) is 77.8 Å². The quantitative estimate of drug-likeness (QED) is 0.270. The van der Waals surface area contributed by atoms with Crippen LogP contribution in [-0.4, -0.2) is 24.9 Å². The number of benzene rings is 4. The molecule has 0 fully saturated rings. The number of hydrogen-bond acceptors (Lipinski definition) is 3. The Morgan fingerprint density at radius 3 is 2.14 bits per heavy atom. The average molecular weight is 483 g/mol. The van der Waals surface area contributed by atoms with Crippen LogP contribution >= 0.6 is 0 Å². The zero-order valence-corrected chi connectivity index (χ0v) is 20.7. The second-order valence-corrected chi connectivity index (χ2v) is 8.80. The molecule has 1 aliphatic heterocycles. The minimum absolute atomic E-state index is 0.803. The predicted octanol–water partition coefficient (Wildman–Crippen LogP) is 7.67. The average Bonchev–Trinajstić information content (AvgIpc) is 3.64. The summed E-state index contributed by atoms with van der Waals surface area (Å²) in [5, 5.41) is 2.36. The fourth-order valence-corrected chi connectivity index (χ4v) is 4.94. The number of aromatic nitrogens is 1. The Balaban J connectivity index is 1.56. The lowest BCUT2D eigenvalue weighted by atomic mass is 9.95. The predicted molar refractivity (Wildman–Crippen MR) is 151 cm³/mol. The van der Waals surface area contributed by atoms with E-state index in [4.69, 9.17) is 14.5 Å². The smallest absolute Gasteiger partial charge is 0.128 e. The second-order valence-electron chi connectivity index (χ2n) is 8.80. The summed E-state index contributed by atoms with van der Waals surface area (Å²) in [4.78, 5) is 8.76. The van der Waals surface area contributed by atoms with Crippen LogP contribution in [0.2, 0.25) is 0 Å². The van der Waals surface area contributed by atoms with E-state index in [1.54, 1.807) is 14.2 Å². The first-order chi connectivity index (χ1) is 18.3. The Labute approximate surface area is 216 Å². The second kappa shape index (κ2) is 9.67. The van der Waals surface area contributed by atoms with Gasteiger partial charge in [0.25, 0.3) is 0 Å². The third-order valence-electron chi connectivity index (χ3n) is 6.69. The molecule has 4 heteroatoms. The summed E-state index contributed by atoms with van der Waals surface area (Å²) >= 11 is 0. The van der Waals surface area contributed by atoms with Crippen LogP contribution in [0.25, 0.3) is 27.6 Å². The fourth-order valence-electron chi connectivity index (χ4n) is 4.94. The first-order valence-corrected chi connectivity index (χ1v) is 12.2. The Kier molecular flexibility index (Phi) is 5.91. The topological polar surface area (TPSA) is 46.6 Å². The maximum absolute atomic E-state index is 5.62. The molecular weight excluding hydrogens is 456 g/mol. The molecule has 0 atom stereocenters.